The fourth-order valence-electron chi connectivity index (χ4n) is 2.12. The minimum atomic E-state index is -1.15. The lowest BCUT2D eigenvalue weighted by Gasteiger charge is -2.26. The van der Waals surface area contributed by atoms with Crippen molar-refractivity contribution in [2.45, 2.75) is 18.5 Å². The molecule has 2 rings (SSSR count). The second kappa shape index (κ2) is 2.48. The summed E-state index contributed by atoms with van der Waals surface area (Å²) in [5, 5.41) is 17.6. The standard InChI is InChI=1S/C8H9NO4/c10-7(11)6-4-1-2-5(3-4)9(6)8(12)13/h1-2,4-6H,3H2,(H,10,11)(H,12,13). The summed E-state index contributed by atoms with van der Waals surface area (Å²) in [5.41, 5.74) is 0. The maximum Gasteiger partial charge on any atom is 0.408 e. The molecule has 0 saturated carbocycles. The molecule has 1 heterocycles. The third-order valence-corrected chi connectivity index (χ3v) is 2.63. The van der Waals surface area contributed by atoms with E-state index in [2.05, 4.69) is 0 Å². The Bertz CT molecular complexity index is 271. The molecule has 2 N–H and O–H groups in total. The number of hydrogen-bond acceptors (Lipinski definition) is 2. The number of aliphatic carboxylic acids is 1. The monoisotopic (exact) mass is 183 g/mol. The summed E-state index contributed by atoms with van der Waals surface area (Å²) in [4.78, 5) is 22.5. The van der Waals surface area contributed by atoms with Crippen LogP contribution >= 0.6 is 0 Å². The first-order chi connectivity index (χ1) is 6.11. The van der Waals surface area contributed by atoms with Crippen molar-refractivity contribution in [2.75, 3.05) is 0 Å². The normalized spacial score (nSPS) is 35.4. The molecule has 1 saturated heterocycles. The largest absolute Gasteiger partial charge is 0.480 e. The predicted molar refractivity (Wildman–Crippen MR) is 42.3 cm³/mol. The summed E-state index contributed by atoms with van der Waals surface area (Å²) in [6.07, 6.45) is 3.02. The zero-order valence-corrected chi connectivity index (χ0v) is 6.75. The molecule has 0 aromatic heterocycles. The molecule has 5 nitrogen and oxygen atoms in total. The number of carboxylic acid groups (broad SMARTS) is 2. The third-order valence-electron chi connectivity index (χ3n) is 2.63. The maximum absolute atomic E-state index is 10.8. The fraction of sp³-hybridized carbons (Fsp3) is 0.500. The molecule has 2 bridgehead atoms. The highest BCUT2D eigenvalue weighted by atomic mass is 16.4. The highest BCUT2D eigenvalue weighted by molar-refractivity contribution is 5.82. The third kappa shape index (κ3) is 0.998. The van der Waals surface area contributed by atoms with Gasteiger partial charge in [0, 0.05) is 5.92 Å². The van der Waals surface area contributed by atoms with Crippen molar-refractivity contribution in [3.8, 4) is 0 Å². The van der Waals surface area contributed by atoms with Crippen LogP contribution in [0, 0.1) is 5.92 Å². The first-order valence-electron chi connectivity index (χ1n) is 4.03. The number of likely N-dealkylation sites (tertiary alicyclic amines) is 1. The molecular weight excluding hydrogens is 174 g/mol. The van der Waals surface area contributed by atoms with Gasteiger partial charge in [-0.05, 0) is 6.42 Å². The van der Waals surface area contributed by atoms with Crippen molar-refractivity contribution in [3.63, 3.8) is 0 Å². The average Bonchev–Trinajstić information content (AvgIpc) is 2.60. The number of hydrogen-bond donors (Lipinski definition) is 2. The van der Waals surface area contributed by atoms with Crippen molar-refractivity contribution in [1.29, 1.82) is 0 Å². The molecule has 3 unspecified atom stereocenters. The van der Waals surface area contributed by atoms with Crippen LogP contribution in [-0.4, -0.2) is 39.3 Å². The van der Waals surface area contributed by atoms with Gasteiger partial charge in [-0.1, -0.05) is 12.2 Å². The minimum Gasteiger partial charge on any atom is -0.480 e. The number of carbonyl (C=O) groups is 2. The maximum atomic E-state index is 10.8. The van der Waals surface area contributed by atoms with Gasteiger partial charge < -0.3 is 10.2 Å². The van der Waals surface area contributed by atoms with Crippen LogP contribution in [0.4, 0.5) is 4.79 Å². The molecule has 0 spiro atoms. The molecule has 1 aliphatic carbocycles. The lowest BCUT2D eigenvalue weighted by atomic mass is 10.0. The van der Waals surface area contributed by atoms with Gasteiger partial charge in [-0.2, -0.15) is 0 Å². The molecule has 2 aliphatic rings. The molecule has 0 aromatic carbocycles. The van der Waals surface area contributed by atoms with Crippen molar-refractivity contribution in [3.05, 3.63) is 12.2 Å². The van der Waals surface area contributed by atoms with Crippen LogP contribution in [0.15, 0.2) is 12.2 Å². The van der Waals surface area contributed by atoms with Gasteiger partial charge in [0.15, 0.2) is 0 Å². The minimum absolute atomic E-state index is 0.140. The average molecular weight is 183 g/mol. The second-order valence-electron chi connectivity index (χ2n) is 3.32. The van der Waals surface area contributed by atoms with Gasteiger partial charge in [-0.15, -0.1) is 0 Å². The van der Waals surface area contributed by atoms with Crippen LogP contribution in [0.2, 0.25) is 0 Å². The van der Waals surface area contributed by atoms with E-state index in [-0.39, 0.29) is 12.0 Å². The van der Waals surface area contributed by atoms with E-state index < -0.39 is 18.1 Å². The summed E-state index contributed by atoms with van der Waals surface area (Å²) in [6.45, 7) is 0. The molecule has 13 heavy (non-hydrogen) atoms. The molecule has 3 atom stereocenters. The summed E-state index contributed by atoms with van der Waals surface area (Å²) in [7, 11) is 0. The van der Waals surface area contributed by atoms with Crippen LogP contribution in [-0.2, 0) is 4.79 Å². The Morgan fingerprint density at radius 2 is 2.00 bits per heavy atom. The molecule has 0 aromatic rings. The number of rotatable bonds is 1. The Labute approximate surface area is 74.3 Å². The van der Waals surface area contributed by atoms with Crippen molar-refractivity contribution in [1.82, 2.24) is 4.90 Å². The van der Waals surface area contributed by atoms with E-state index in [1.54, 1.807) is 12.2 Å². The van der Waals surface area contributed by atoms with Crippen molar-refractivity contribution in [2.24, 2.45) is 5.92 Å². The van der Waals surface area contributed by atoms with Crippen LogP contribution in [0.5, 0.6) is 0 Å². The van der Waals surface area contributed by atoms with Crippen molar-refractivity contribution >= 4 is 12.1 Å². The van der Waals surface area contributed by atoms with Gasteiger partial charge in [-0.3, -0.25) is 4.90 Å². The van der Waals surface area contributed by atoms with E-state index in [4.69, 9.17) is 10.2 Å². The van der Waals surface area contributed by atoms with Gasteiger partial charge in [0.05, 0.1) is 6.04 Å². The van der Waals surface area contributed by atoms with E-state index >= 15 is 0 Å². The van der Waals surface area contributed by atoms with E-state index in [1.807, 2.05) is 0 Å². The number of fused-ring (bicyclic) bond motifs is 2. The molecule has 70 valence electrons. The van der Waals surface area contributed by atoms with E-state index in [0.29, 0.717) is 6.42 Å². The quantitative estimate of drug-likeness (QED) is 0.576. The van der Waals surface area contributed by atoms with Gasteiger partial charge in [0.25, 0.3) is 0 Å². The highest BCUT2D eigenvalue weighted by Crippen LogP contribution is 2.37. The van der Waals surface area contributed by atoms with Gasteiger partial charge in [0.2, 0.25) is 0 Å². The first kappa shape index (κ1) is 8.10. The van der Waals surface area contributed by atoms with Gasteiger partial charge in [-0.25, -0.2) is 9.59 Å². The molecule has 5 heteroatoms. The van der Waals surface area contributed by atoms with Crippen LogP contribution < -0.4 is 0 Å². The summed E-state index contributed by atoms with van der Waals surface area (Å²) in [6, 6.07) is -1.11. The van der Waals surface area contributed by atoms with Crippen LogP contribution in [0.25, 0.3) is 0 Å². The van der Waals surface area contributed by atoms with E-state index in [1.165, 1.54) is 0 Å². The Morgan fingerprint density at radius 1 is 1.31 bits per heavy atom. The first-order valence-corrected chi connectivity index (χ1v) is 4.03. The molecule has 0 radical (unpaired) electrons. The second-order valence-corrected chi connectivity index (χ2v) is 3.32. The molecule has 1 amide bonds. The lowest BCUT2D eigenvalue weighted by Crippen LogP contribution is -2.46. The summed E-state index contributed by atoms with van der Waals surface area (Å²) < 4.78 is 0. The Morgan fingerprint density at radius 3 is 2.46 bits per heavy atom. The molecule has 1 aliphatic heterocycles. The molecular formula is C8H9NO4. The summed E-state index contributed by atoms with van der Waals surface area (Å²) in [5.74, 6) is -1.20. The smallest absolute Gasteiger partial charge is 0.408 e. The zero-order chi connectivity index (χ0) is 9.59. The zero-order valence-electron chi connectivity index (χ0n) is 6.75. The Kier molecular flexibility index (Phi) is 1.55. The Balaban J connectivity index is 2.30. The lowest BCUT2D eigenvalue weighted by molar-refractivity contribution is -0.142. The Hall–Kier alpha value is -1.52. The van der Waals surface area contributed by atoms with Crippen LogP contribution in [0.3, 0.4) is 0 Å². The number of amides is 1. The van der Waals surface area contributed by atoms with E-state index in [0.717, 1.165) is 4.90 Å². The van der Waals surface area contributed by atoms with Crippen LogP contribution in [0.1, 0.15) is 6.42 Å². The molecule has 1 fully saturated rings. The topological polar surface area (TPSA) is 77.8 Å². The SMILES string of the molecule is O=C(O)C1C2C=CC(C2)N1C(=O)O. The van der Waals surface area contributed by atoms with Crippen molar-refractivity contribution < 1.29 is 19.8 Å². The van der Waals surface area contributed by atoms with Gasteiger partial charge >= 0.3 is 12.1 Å². The number of nitrogens with zero attached hydrogens (tertiary/aromatic N) is 1. The number of carboxylic acids is 1. The fourth-order valence-corrected chi connectivity index (χ4v) is 2.12. The van der Waals surface area contributed by atoms with Gasteiger partial charge in [0.1, 0.15) is 6.04 Å². The predicted octanol–water partition coefficient (Wildman–Crippen LogP) is 0.378. The highest BCUT2D eigenvalue weighted by Gasteiger charge is 2.48. The summed E-state index contributed by atoms with van der Waals surface area (Å²) >= 11 is 0. The van der Waals surface area contributed by atoms with E-state index in [9.17, 15) is 9.59 Å².